The molecule has 3 N–H and O–H groups in total. The van der Waals surface area contributed by atoms with Gasteiger partial charge < -0.3 is 20.2 Å². The van der Waals surface area contributed by atoms with Gasteiger partial charge in [-0.15, -0.1) is 0 Å². The maximum atomic E-state index is 6.10. The Kier molecular flexibility index (Phi) is 2.18. The molecule has 0 radical (unpaired) electrons. The van der Waals surface area contributed by atoms with E-state index in [9.17, 15) is 0 Å². The van der Waals surface area contributed by atoms with Gasteiger partial charge in [-0.1, -0.05) is 0 Å². The normalized spacial score (nSPS) is 14.0. The second kappa shape index (κ2) is 3.58. The van der Waals surface area contributed by atoms with Crippen molar-refractivity contribution in [2.75, 3.05) is 20.0 Å². The SMILES string of the molecule is COc1cc(OC)c2c3c([nH]c2c1N)CCC3. The fourth-order valence-electron chi connectivity index (χ4n) is 2.72. The third kappa shape index (κ3) is 1.30. The molecular weight excluding hydrogens is 216 g/mol. The molecule has 1 heterocycles. The number of H-pyrrole nitrogens is 1. The van der Waals surface area contributed by atoms with Crippen molar-refractivity contribution < 1.29 is 9.47 Å². The minimum Gasteiger partial charge on any atom is -0.496 e. The fraction of sp³-hybridized carbons (Fsp3) is 0.385. The molecule has 1 aliphatic rings. The Bertz CT molecular complexity index is 587. The minimum absolute atomic E-state index is 0.661. The van der Waals surface area contributed by atoms with Crippen LogP contribution in [-0.2, 0) is 12.8 Å². The van der Waals surface area contributed by atoms with Gasteiger partial charge in [0.25, 0.3) is 0 Å². The molecule has 90 valence electrons. The number of aromatic nitrogens is 1. The molecule has 17 heavy (non-hydrogen) atoms. The number of hydrogen-bond acceptors (Lipinski definition) is 3. The lowest BCUT2D eigenvalue weighted by Crippen LogP contribution is -1.96. The molecule has 1 aromatic heterocycles. The maximum Gasteiger partial charge on any atom is 0.147 e. The summed E-state index contributed by atoms with van der Waals surface area (Å²) in [6, 6.07) is 1.87. The van der Waals surface area contributed by atoms with E-state index in [1.807, 2.05) is 6.07 Å². The van der Waals surface area contributed by atoms with Crippen LogP contribution >= 0.6 is 0 Å². The number of nitrogens with one attached hydrogen (secondary N) is 1. The number of benzene rings is 1. The van der Waals surface area contributed by atoms with E-state index in [-0.39, 0.29) is 0 Å². The first-order chi connectivity index (χ1) is 8.26. The van der Waals surface area contributed by atoms with Gasteiger partial charge in [0.1, 0.15) is 11.5 Å². The number of fused-ring (bicyclic) bond motifs is 3. The summed E-state index contributed by atoms with van der Waals surface area (Å²) in [5.41, 5.74) is 10.4. The molecule has 0 aliphatic heterocycles. The highest BCUT2D eigenvalue weighted by atomic mass is 16.5. The van der Waals surface area contributed by atoms with Crippen LogP contribution in [0.1, 0.15) is 17.7 Å². The molecular formula is C13H16N2O2. The minimum atomic E-state index is 0.661. The monoisotopic (exact) mass is 232 g/mol. The van der Waals surface area contributed by atoms with Crippen LogP contribution in [0.4, 0.5) is 5.69 Å². The van der Waals surface area contributed by atoms with Crippen LogP contribution in [0.3, 0.4) is 0 Å². The van der Waals surface area contributed by atoms with Crippen molar-refractivity contribution in [3.05, 3.63) is 17.3 Å². The van der Waals surface area contributed by atoms with E-state index in [1.165, 1.54) is 17.7 Å². The Balaban J connectivity index is 2.39. The van der Waals surface area contributed by atoms with Gasteiger partial charge in [-0.05, 0) is 24.8 Å². The number of nitrogen functional groups attached to an aromatic ring is 1. The summed E-state index contributed by atoms with van der Waals surface area (Å²) in [5, 5.41) is 1.12. The van der Waals surface area contributed by atoms with Gasteiger partial charge >= 0.3 is 0 Å². The lowest BCUT2D eigenvalue weighted by molar-refractivity contribution is 0.399. The lowest BCUT2D eigenvalue weighted by atomic mass is 10.1. The van der Waals surface area contributed by atoms with Gasteiger partial charge in [-0.2, -0.15) is 0 Å². The van der Waals surface area contributed by atoms with E-state index < -0.39 is 0 Å². The molecule has 0 fully saturated rings. The van der Waals surface area contributed by atoms with Gasteiger partial charge in [0, 0.05) is 17.1 Å². The summed E-state index contributed by atoms with van der Waals surface area (Å²) < 4.78 is 10.7. The molecule has 3 rings (SSSR count). The van der Waals surface area contributed by atoms with Crippen molar-refractivity contribution in [3.63, 3.8) is 0 Å². The Hall–Kier alpha value is -1.84. The predicted molar refractivity (Wildman–Crippen MR) is 67.8 cm³/mol. The Labute approximate surface area is 99.7 Å². The van der Waals surface area contributed by atoms with Crippen molar-refractivity contribution in [1.29, 1.82) is 0 Å². The highest BCUT2D eigenvalue weighted by Gasteiger charge is 2.22. The van der Waals surface area contributed by atoms with Crippen LogP contribution in [0.5, 0.6) is 11.5 Å². The van der Waals surface area contributed by atoms with Gasteiger partial charge in [0.15, 0.2) is 0 Å². The lowest BCUT2D eigenvalue weighted by Gasteiger charge is -2.10. The summed E-state index contributed by atoms with van der Waals surface area (Å²) in [6.07, 6.45) is 3.39. The average Bonchev–Trinajstić information content (AvgIpc) is 2.90. The van der Waals surface area contributed by atoms with Gasteiger partial charge in [-0.3, -0.25) is 0 Å². The number of nitrogens with two attached hydrogens (primary N) is 1. The van der Waals surface area contributed by atoms with Crippen molar-refractivity contribution in [1.82, 2.24) is 4.98 Å². The zero-order chi connectivity index (χ0) is 12.0. The molecule has 1 aliphatic carbocycles. The standard InChI is InChI=1S/C13H16N2O2/c1-16-9-6-10(17-2)12(14)13-11(9)7-4-3-5-8(7)15-13/h6,15H,3-5,14H2,1-2H3. The second-order valence-corrected chi connectivity index (χ2v) is 4.38. The Morgan fingerprint density at radius 1 is 1.18 bits per heavy atom. The van der Waals surface area contributed by atoms with Crippen LogP contribution in [0.25, 0.3) is 10.9 Å². The van der Waals surface area contributed by atoms with Gasteiger partial charge in [0.05, 0.1) is 25.4 Å². The number of rotatable bonds is 2. The molecule has 0 atom stereocenters. The van der Waals surface area contributed by atoms with Crippen LogP contribution in [-0.4, -0.2) is 19.2 Å². The number of ether oxygens (including phenoxy) is 2. The summed E-state index contributed by atoms with van der Waals surface area (Å²) in [6.45, 7) is 0. The molecule has 0 amide bonds. The van der Waals surface area contributed by atoms with E-state index in [0.29, 0.717) is 11.4 Å². The fourth-order valence-corrected chi connectivity index (χ4v) is 2.72. The van der Waals surface area contributed by atoms with Crippen LogP contribution in [0.2, 0.25) is 0 Å². The molecule has 0 unspecified atom stereocenters. The number of aryl methyl sites for hydroxylation is 2. The average molecular weight is 232 g/mol. The summed E-state index contributed by atoms with van der Waals surface area (Å²) in [4.78, 5) is 3.41. The van der Waals surface area contributed by atoms with Gasteiger partial charge in [0.2, 0.25) is 0 Å². The highest BCUT2D eigenvalue weighted by molar-refractivity contribution is 6.01. The van der Waals surface area contributed by atoms with E-state index in [4.69, 9.17) is 15.2 Å². The predicted octanol–water partition coefficient (Wildman–Crippen LogP) is 2.26. The Morgan fingerprint density at radius 3 is 2.65 bits per heavy atom. The van der Waals surface area contributed by atoms with Crippen molar-refractivity contribution in [3.8, 4) is 11.5 Å². The smallest absolute Gasteiger partial charge is 0.147 e. The van der Waals surface area contributed by atoms with Crippen LogP contribution < -0.4 is 15.2 Å². The molecule has 4 heteroatoms. The van der Waals surface area contributed by atoms with E-state index in [2.05, 4.69) is 4.98 Å². The molecule has 0 spiro atoms. The summed E-state index contributed by atoms with van der Waals surface area (Å²) >= 11 is 0. The number of methoxy groups -OCH3 is 2. The third-order valence-corrected chi connectivity index (χ3v) is 3.53. The zero-order valence-corrected chi connectivity index (χ0v) is 10.1. The first-order valence-electron chi connectivity index (χ1n) is 5.80. The highest BCUT2D eigenvalue weighted by Crippen LogP contribution is 2.42. The summed E-state index contributed by atoms with van der Waals surface area (Å²) in [5.74, 6) is 1.50. The van der Waals surface area contributed by atoms with Crippen molar-refractivity contribution in [2.45, 2.75) is 19.3 Å². The Morgan fingerprint density at radius 2 is 1.94 bits per heavy atom. The maximum absolute atomic E-state index is 6.10. The summed E-state index contributed by atoms with van der Waals surface area (Å²) in [7, 11) is 3.30. The molecule has 4 nitrogen and oxygen atoms in total. The van der Waals surface area contributed by atoms with Crippen LogP contribution in [0.15, 0.2) is 6.07 Å². The van der Waals surface area contributed by atoms with E-state index >= 15 is 0 Å². The van der Waals surface area contributed by atoms with Crippen molar-refractivity contribution in [2.24, 2.45) is 0 Å². The number of anilines is 1. The molecule has 0 bridgehead atoms. The van der Waals surface area contributed by atoms with Crippen molar-refractivity contribution >= 4 is 16.6 Å². The third-order valence-electron chi connectivity index (χ3n) is 3.53. The van der Waals surface area contributed by atoms with Crippen LogP contribution in [0, 0.1) is 0 Å². The molecule has 2 aromatic rings. The molecule has 0 saturated carbocycles. The first kappa shape index (κ1) is 10.3. The molecule has 0 saturated heterocycles. The van der Waals surface area contributed by atoms with E-state index in [1.54, 1.807) is 14.2 Å². The quantitative estimate of drug-likeness (QED) is 0.781. The largest absolute Gasteiger partial charge is 0.496 e. The number of aromatic amines is 1. The molecule has 1 aromatic carbocycles. The zero-order valence-electron chi connectivity index (χ0n) is 10.1. The van der Waals surface area contributed by atoms with E-state index in [0.717, 1.165) is 29.5 Å². The van der Waals surface area contributed by atoms with Gasteiger partial charge in [-0.25, -0.2) is 0 Å². The topological polar surface area (TPSA) is 60.3 Å². The first-order valence-corrected chi connectivity index (χ1v) is 5.80. The number of hydrogen-bond donors (Lipinski definition) is 2. The second-order valence-electron chi connectivity index (χ2n) is 4.38.